The lowest BCUT2D eigenvalue weighted by Crippen LogP contribution is -1.91. The summed E-state index contributed by atoms with van der Waals surface area (Å²) in [5.74, 6) is -0.729. The number of nitrogens with zero attached hydrogens (tertiary/aromatic N) is 3. The van der Waals surface area contributed by atoms with Crippen molar-refractivity contribution >= 4 is 16.9 Å². The lowest BCUT2D eigenvalue weighted by atomic mass is 9.95. The van der Waals surface area contributed by atoms with Crippen molar-refractivity contribution in [3.63, 3.8) is 0 Å². The first-order valence-corrected chi connectivity index (χ1v) is 6.55. The quantitative estimate of drug-likeness (QED) is 0.652. The molecule has 0 radical (unpaired) electrons. The Morgan fingerprint density at radius 2 is 1.71 bits per heavy atom. The maximum absolute atomic E-state index is 10.1. The van der Waals surface area contributed by atoms with Crippen LogP contribution in [0.5, 0.6) is 11.5 Å². The summed E-state index contributed by atoms with van der Waals surface area (Å²) < 4.78 is 0. The van der Waals surface area contributed by atoms with E-state index in [9.17, 15) is 15.5 Å². The van der Waals surface area contributed by atoms with Gasteiger partial charge >= 0.3 is 0 Å². The molecule has 5 nitrogen and oxygen atoms in total. The molecule has 0 atom stereocenters. The van der Waals surface area contributed by atoms with Gasteiger partial charge in [-0.3, -0.25) is 0 Å². The maximum Gasteiger partial charge on any atom is 0.166 e. The van der Waals surface area contributed by atoms with E-state index in [1.54, 1.807) is 29.7 Å². The molecular formula is C15H7N3O2S. The molecule has 0 fully saturated rings. The second-order valence-electron chi connectivity index (χ2n) is 3.92. The van der Waals surface area contributed by atoms with Crippen molar-refractivity contribution in [1.29, 1.82) is 15.8 Å². The molecule has 0 aliphatic rings. The van der Waals surface area contributed by atoms with Crippen LogP contribution in [-0.4, -0.2) is 10.2 Å². The average molecular weight is 293 g/mol. The molecule has 2 N–H and O–H groups in total. The molecular weight excluding hydrogens is 286 g/mol. The number of phenolic OH excluding ortho intramolecular Hbond substituents is 2. The molecule has 0 aliphatic heterocycles. The third-order valence-corrected chi connectivity index (χ3v) is 3.67. The minimum atomic E-state index is -0.391. The van der Waals surface area contributed by atoms with Gasteiger partial charge in [0.15, 0.2) is 11.5 Å². The lowest BCUT2D eigenvalue weighted by Gasteiger charge is -2.10. The van der Waals surface area contributed by atoms with Crippen LogP contribution in [0.25, 0.3) is 16.0 Å². The van der Waals surface area contributed by atoms with E-state index in [2.05, 4.69) is 0 Å². The van der Waals surface area contributed by atoms with Crippen LogP contribution in [0, 0.1) is 34.0 Å². The third kappa shape index (κ3) is 2.42. The van der Waals surface area contributed by atoms with E-state index in [0.717, 1.165) is 0 Å². The summed E-state index contributed by atoms with van der Waals surface area (Å²) in [5.41, 5.74) is -0.0306. The van der Waals surface area contributed by atoms with Gasteiger partial charge in [-0.05, 0) is 23.6 Å². The molecule has 0 amide bonds. The molecule has 0 saturated carbocycles. The molecule has 1 heterocycles. The van der Waals surface area contributed by atoms with Gasteiger partial charge in [-0.2, -0.15) is 15.8 Å². The Kier molecular flexibility index (Phi) is 3.90. The molecule has 21 heavy (non-hydrogen) atoms. The molecule has 2 aromatic rings. The molecule has 0 spiro atoms. The highest BCUT2D eigenvalue weighted by Gasteiger charge is 2.20. The molecule has 1 aromatic carbocycles. The Morgan fingerprint density at radius 1 is 1.00 bits per heavy atom. The summed E-state index contributed by atoms with van der Waals surface area (Å²) in [4.78, 5) is 0.612. The fourth-order valence-electron chi connectivity index (χ4n) is 1.85. The highest BCUT2D eigenvalue weighted by Crippen LogP contribution is 2.43. The van der Waals surface area contributed by atoms with Crippen molar-refractivity contribution in [3.05, 3.63) is 40.8 Å². The van der Waals surface area contributed by atoms with Gasteiger partial charge in [0.1, 0.15) is 23.8 Å². The summed E-state index contributed by atoms with van der Waals surface area (Å²) in [6.45, 7) is 0. The second-order valence-corrected chi connectivity index (χ2v) is 4.87. The van der Waals surface area contributed by atoms with Gasteiger partial charge in [-0.1, -0.05) is 6.07 Å². The van der Waals surface area contributed by atoms with Crippen molar-refractivity contribution in [2.45, 2.75) is 0 Å². The van der Waals surface area contributed by atoms with E-state index < -0.39 is 5.75 Å². The van der Waals surface area contributed by atoms with Crippen LogP contribution in [0.15, 0.2) is 35.2 Å². The largest absolute Gasteiger partial charge is 0.504 e. The summed E-state index contributed by atoms with van der Waals surface area (Å²) >= 11 is 1.30. The lowest BCUT2D eigenvalue weighted by molar-refractivity contribution is 0.405. The van der Waals surface area contributed by atoms with E-state index in [1.807, 2.05) is 6.07 Å². The predicted molar refractivity (Wildman–Crippen MR) is 76.8 cm³/mol. The third-order valence-electron chi connectivity index (χ3n) is 2.78. The van der Waals surface area contributed by atoms with E-state index in [1.165, 1.54) is 23.5 Å². The zero-order chi connectivity index (χ0) is 15.4. The number of nitriles is 3. The van der Waals surface area contributed by atoms with Crippen molar-refractivity contribution in [3.8, 4) is 40.1 Å². The first-order chi connectivity index (χ1) is 10.1. The van der Waals surface area contributed by atoms with Gasteiger partial charge < -0.3 is 10.2 Å². The van der Waals surface area contributed by atoms with E-state index in [0.29, 0.717) is 4.88 Å². The topological polar surface area (TPSA) is 112 Å². The Bertz CT molecular complexity index is 831. The number of hydrogen-bond donors (Lipinski definition) is 2. The van der Waals surface area contributed by atoms with Crippen molar-refractivity contribution in [2.24, 2.45) is 0 Å². The Balaban J connectivity index is 2.88. The van der Waals surface area contributed by atoms with Crippen molar-refractivity contribution < 1.29 is 10.2 Å². The van der Waals surface area contributed by atoms with Gasteiger partial charge in [0.2, 0.25) is 0 Å². The van der Waals surface area contributed by atoms with Gasteiger partial charge in [-0.15, -0.1) is 11.3 Å². The smallest absolute Gasteiger partial charge is 0.166 e. The Hall–Kier alpha value is -3.27. The molecule has 0 bridgehead atoms. The van der Waals surface area contributed by atoms with Crippen LogP contribution in [0.4, 0.5) is 0 Å². The normalized spacial score (nSPS) is 9.19. The highest BCUT2D eigenvalue weighted by molar-refractivity contribution is 7.13. The van der Waals surface area contributed by atoms with Gasteiger partial charge in [0, 0.05) is 16.0 Å². The molecule has 100 valence electrons. The SMILES string of the molecule is N#CC(C#N)=C(C#N)c1ccc(O)c(O)c1-c1cccs1. The number of hydrogen-bond acceptors (Lipinski definition) is 6. The van der Waals surface area contributed by atoms with Gasteiger partial charge in [-0.25, -0.2) is 0 Å². The molecule has 0 aliphatic carbocycles. The summed E-state index contributed by atoms with van der Waals surface area (Å²) in [6.07, 6.45) is 0. The predicted octanol–water partition coefficient (Wildman–Crippen LogP) is 3.15. The minimum absolute atomic E-state index is 0.140. The number of benzene rings is 1. The Labute approximate surface area is 124 Å². The average Bonchev–Trinajstić information content (AvgIpc) is 3.01. The van der Waals surface area contributed by atoms with Crippen molar-refractivity contribution in [1.82, 2.24) is 0 Å². The molecule has 0 unspecified atom stereocenters. The number of phenols is 2. The van der Waals surface area contributed by atoms with Crippen LogP contribution in [0.1, 0.15) is 5.56 Å². The van der Waals surface area contributed by atoms with Crippen LogP contribution in [0.2, 0.25) is 0 Å². The van der Waals surface area contributed by atoms with Crippen LogP contribution >= 0.6 is 11.3 Å². The fourth-order valence-corrected chi connectivity index (χ4v) is 2.63. The number of allylic oxidation sites excluding steroid dienone is 2. The second kappa shape index (κ2) is 5.79. The molecule has 0 saturated heterocycles. The maximum atomic E-state index is 10.1. The summed E-state index contributed by atoms with van der Waals surface area (Å²) in [5, 5.41) is 48.6. The van der Waals surface area contributed by atoms with Crippen LogP contribution in [-0.2, 0) is 0 Å². The van der Waals surface area contributed by atoms with Crippen LogP contribution in [0.3, 0.4) is 0 Å². The zero-order valence-corrected chi connectivity index (χ0v) is 11.3. The first kappa shape index (κ1) is 14.1. The fraction of sp³-hybridized carbons (Fsp3) is 0. The van der Waals surface area contributed by atoms with Gasteiger partial charge in [0.25, 0.3) is 0 Å². The van der Waals surface area contributed by atoms with Crippen molar-refractivity contribution in [2.75, 3.05) is 0 Å². The van der Waals surface area contributed by atoms with Crippen LogP contribution < -0.4 is 0 Å². The monoisotopic (exact) mass is 293 g/mol. The minimum Gasteiger partial charge on any atom is -0.504 e. The molecule has 1 aromatic heterocycles. The van der Waals surface area contributed by atoms with E-state index in [-0.39, 0.29) is 28.0 Å². The highest BCUT2D eigenvalue weighted by atomic mass is 32.1. The first-order valence-electron chi connectivity index (χ1n) is 5.67. The standard InChI is InChI=1S/C15H7N3O2S/c16-6-9(7-17)11(8-18)10-3-4-12(19)15(20)14(10)13-2-1-5-21-13/h1-5,19-20H. The zero-order valence-electron chi connectivity index (χ0n) is 10.5. The Morgan fingerprint density at radius 3 is 2.24 bits per heavy atom. The van der Waals surface area contributed by atoms with E-state index >= 15 is 0 Å². The summed E-state index contributed by atoms with van der Waals surface area (Å²) in [6, 6.07) is 11.2. The summed E-state index contributed by atoms with van der Waals surface area (Å²) in [7, 11) is 0. The number of rotatable bonds is 2. The number of thiophene rings is 1. The van der Waals surface area contributed by atoms with Gasteiger partial charge in [0.05, 0.1) is 5.57 Å². The molecule has 6 heteroatoms. The number of aromatic hydroxyl groups is 2. The molecule has 2 rings (SSSR count). The van der Waals surface area contributed by atoms with E-state index in [4.69, 9.17) is 10.5 Å².